The predicted octanol–water partition coefficient (Wildman–Crippen LogP) is 1.88. The molecule has 0 heterocycles. The fraction of sp³-hybridized carbons (Fsp3) is 1.00. The number of hydrogen-bond donors (Lipinski definition) is 2. The Morgan fingerprint density at radius 2 is 2.07 bits per heavy atom. The average Bonchev–Trinajstić information content (AvgIpc) is 2.19. The van der Waals surface area contributed by atoms with Crippen LogP contribution in [0.25, 0.3) is 0 Å². The zero-order valence-corrected chi connectivity index (χ0v) is 9.06. The summed E-state index contributed by atoms with van der Waals surface area (Å²) in [4.78, 5) is 0. The number of hydrogen-bond acceptors (Lipinski definition) is 2. The van der Waals surface area contributed by atoms with Crippen LogP contribution >= 0.6 is 0 Å². The van der Waals surface area contributed by atoms with E-state index < -0.39 is 5.60 Å². The largest absolute Gasteiger partial charge is 0.389 e. The van der Waals surface area contributed by atoms with E-state index in [1.807, 2.05) is 0 Å². The molecule has 0 spiro atoms. The number of aliphatic hydroxyl groups is 1. The molecule has 0 radical (unpaired) electrons. The average molecular weight is 203 g/mol. The third-order valence-electron chi connectivity index (χ3n) is 3.34. The van der Waals surface area contributed by atoms with Crippen LogP contribution in [-0.4, -0.2) is 30.5 Å². The van der Waals surface area contributed by atoms with Crippen LogP contribution in [0, 0.1) is 5.92 Å². The first-order valence-corrected chi connectivity index (χ1v) is 5.69. The van der Waals surface area contributed by atoms with Crippen LogP contribution in [0.2, 0.25) is 0 Å². The van der Waals surface area contributed by atoms with Gasteiger partial charge >= 0.3 is 0 Å². The minimum absolute atomic E-state index is 0.354. The summed E-state index contributed by atoms with van der Waals surface area (Å²) in [6.45, 7) is 2.76. The topological polar surface area (TPSA) is 32.3 Å². The number of alkyl halides is 1. The molecule has 0 saturated heterocycles. The molecule has 2 nitrogen and oxygen atoms in total. The molecule has 0 aromatic rings. The van der Waals surface area contributed by atoms with E-state index in [0.717, 1.165) is 31.6 Å². The first kappa shape index (κ1) is 11.9. The molecule has 0 atom stereocenters. The van der Waals surface area contributed by atoms with Gasteiger partial charge in [0.1, 0.15) is 6.67 Å². The molecule has 1 aliphatic carbocycles. The Bertz CT molecular complexity index is 150. The number of nitrogens with one attached hydrogen (secondary N) is 1. The second-order valence-electron chi connectivity index (χ2n) is 4.44. The summed E-state index contributed by atoms with van der Waals surface area (Å²) in [5.41, 5.74) is -0.569. The molecule has 14 heavy (non-hydrogen) atoms. The summed E-state index contributed by atoms with van der Waals surface area (Å²) in [5, 5.41) is 13.1. The number of rotatable bonds is 5. The Morgan fingerprint density at radius 3 is 2.57 bits per heavy atom. The van der Waals surface area contributed by atoms with Crippen molar-refractivity contribution in [1.82, 2.24) is 5.32 Å². The molecule has 3 heteroatoms. The minimum atomic E-state index is -0.569. The Kier molecular flexibility index (Phi) is 4.82. The molecule has 0 aliphatic heterocycles. The summed E-state index contributed by atoms with van der Waals surface area (Å²) >= 11 is 0. The van der Waals surface area contributed by atoms with Crippen molar-refractivity contribution in [3.63, 3.8) is 0 Å². The predicted molar refractivity (Wildman–Crippen MR) is 56.0 cm³/mol. The molecule has 0 aromatic heterocycles. The molecule has 1 fully saturated rings. The van der Waals surface area contributed by atoms with Crippen molar-refractivity contribution >= 4 is 0 Å². The lowest BCUT2D eigenvalue weighted by molar-refractivity contribution is -0.00859. The Labute approximate surface area is 85.9 Å². The van der Waals surface area contributed by atoms with Gasteiger partial charge in [-0.2, -0.15) is 0 Å². The molecular weight excluding hydrogens is 181 g/mol. The Hall–Kier alpha value is -0.150. The summed E-state index contributed by atoms with van der Waals surface area (Å²) in [5.74, 6) is 0.788. The summed E-state index contributed by atoms with van der Waals surface area (Å²) in [6, 6.07) is 0. The minimum Gasteiger partial charge on any atom is -0.389 e. The molecule has 84 valence electrons. The van der Waals surface area contributed by atoms with Crippen molar-refractivity contribution in [2.75, 3.05) is 19.8 Å². The van der Waals surface area contributed by atoms with Crippen LogP contribution in [-0.2, 0) is 0 Å². The Morgan fingerprint density at radius 1 is 1.43 bits per heavy atom. The zero-order valence-electron chi connectivity index (χ0n) is 9.06. The van der Waals surface area contributed by atoms with Gasteiger partial charge in [0.25, 0.3) is 0 Å². The second-order valence-corrected chi connectivity index (χ2v) is 4.44. The van der Waals surface area contributed by atoms with Gasteiger partial charge in [0, 0.05) is 13.1 Å². The van der Waals surface area contributed by atoms with Crippen molar-refractivity contribution in [2.45, 2.75) is 44.6 Å². The van der Waals surface area contributed by atoms with E-state index in [4.69, 9.17) is 0 Å². The molecule has 1 aliphatic rings. The molecule has 0 unspecified atom stereocenters. The van der Waals surface area contributed by atoms with Gasteiger partial charge in [0.05, 0.1) is 5.60 Å². The van der Waals surface area contributed by atoms with Crippen molar-refractivity contribution in [2.24, 2.45) is 5.92 Å². The highest BCUT2D eigenvalue weighted by Gasteiger charge is 2.31. The Balaban J connectivity index is 2.23. The lowest BCUT2D eigenvalue weighted by atomic mass is 9.78. The van der Waals surface area contributed by atoms with Gasteiger partial charge in [0.15, 0.2) is 0 Å². The maximum Gasteiger partial charge on any atom is 0.102 e. The van der Waals surface area contributed by atoms with E-state index in [2.05, 4.69) is 12.2 Å². The van der Waals surface area contributed by atoms with Gasteiger partial charge in [-0.05, 0) is 31.6 Å². The van der Waals surface area contributed by atoms with Gasteiger partial charge in [-0.3, -0.25) is 0 Å². The van der Waals surface area contributed by atoms with Crippen LogP contribution in [0.3, 0.4) is 0 Å². The molecular formula is C11H22FNO. The standard InChI is InChI=1S/C11H22FNO/c1-2-10-3-5-11(14,6-4-10)9-13-8-7-12/h10,13-14H,2-9H2,1H3. The SMILES string of the molecule is CCC1CCC(O)(CNCCF)CC1. The second kappa shape index (κ2) is 5.66. The number of halogens is 1. The quantitative estimate of drug-likeness (QED) is 0.669. The maximum atomic E-state index is 11.8. The monoisotopic (exact) mass is 203 g/mol. The van der Waals surface area contributed by atoms with Crippen LogP contribution in [0.4, 0.5) is 4.39 Å². The molecule has 0 amide bonds. The first-order valence-electron chi connectivity index (χ1n) is 5.69. The van der Waals surface area contributed by atoms with Crippen LogP contribution in [0.5, 0.6) is 0 Å². The van der Waals surface area contributed by atoms with E-state index in [1.54, 1.807) is 0 Å². The van der Waals surface area contributed by atoms with Crippen LogP contribution < -0.4 is 5.32 Å². The van der Waals surface area contributed by atoms with E-state index >= 15 is 0 Å². The molecule has 0 aromatic carbocycles. The van der Waals surface area contributed by atoms with Crippen molar-refractivity contribution in [1.29, 1.82) is 0 Å². The fourth-order valence-corrected chi connectivity index (χ4v) is 2.19. The normalized spacial score (nSPS) is 33.2. The van der Waals surface area contributed by atoms with Gasteiger partial charge < -0.3 is 10.4 Å². The zero-order chi connectivity index (χ0) is 10.4. The van der Waals surface area contributed by atoms with Crippen LogP contribution in [0.15, 0.2) is 0 Å². The van der Waals surface area contributed by atoms with E-state index in [0.29, 0.717) is 13.1 Å². The van der Waals surface area contributed by atoms with Gasteiger partial charge in [-0.15, -0.1) is 0 Å². The van der Waals surface area contributed by atoms with Gasteiger partial charge in [-0.1, -0.05) is 13.3 Å². The van der Waals surface area contributed by atoms with E-state index in [9.17, 15) is 9.50 Å². The summed E-state index contributed by atoms with van der Waals surface area (Å²) in [7, 11) is 0. The highest BCUT2D eigenvalue weighted by Crippen LogP contribution is 2.33. The van der Waals surface area contributed by atoms with Crippen molar-refractivity contribution in [3.8, 4) is 0 Å². The van der Waals surface area contributed by atoms with Crippen molar-refractivity contribution < 1.29 is 9.50 Å². The maximum absolute atomic E-state index is 11.8. The smallest absolute Gasteiger partial charge is 0.102 e. The highest BCUT2D eigenvalue weighted by atomic mass is 19.1. The van der Waals surface area contributed by atoms with Gasteiger partial charge in [0.2, 0.25) is 0 Å². The summed E-state index contributed by atoms with van der Waals surface area (Å²) < 4.78 is 11.8. The molecule has 1 rings (SSSR count). The third-order valence-corrected chi connectivity index (χ3v) is 3.34. The van der Waals surface area contributed by atoms with E-state index in [1.165, 1.54) is 6.42 Å². The lowest BCUT2D eigenvalue weighted by Gasteiger charge is -2.35. The fourth-order valence-electron chi connectivity index (χ4n) is 2.19. The first-order chi connectivity index (χ1) is 6.70. The van der Waals surface area contributed by atoms with E-state index in [-0.39, 0.29) is 6.67 Å². The molecule has 1 saturated carbocycles. The third kappa shape index (κ3) is 3.54. The lowest BCUT2D eigenvalue weighted by Crippen LogP contribution is -2.44. The van der Waals surface area contributed by atoms with Gasteiger partial charge in [-0.25, -0.2) is 4.39 Å². The molecule has 0 bridgehead atoms. The highest BCUT2D eigenvalue weighted by molar-refractivity contribution is 4.86. The van der Waals surface area contributed by atoms with Crippen LogP contribution in [0.1, 0.15) is 39.0 Å². The summed E-state index contributed by atoms with van der Waals surface area (Å²) in [6.07, 6.45) is 5.18. The van der Waals surface area contributed by atoms with Crippen molar-refractivity contribution in [3.05, 3.63) is 0 Å². The molecule has 2 N–H and O–H groups in total.